The van der Waals surface area contributed by atoms with Crippen molar-refractivity contribution in [1.29, 1.82) is 0 Å². The van der Waals surface area contributed by atoms with E-state index in [1.165, 1.54) is 6.07 Å². The summed E-state index contributed by atoms with van der Waals surface area (Å²) in [6, 6.07) is 3.35. The highest BCUT2D eigenvalue weighted by Gasteiger charge is 2.15. The number of hydrogen-bond donors (Lipinski definition) is 2. The SMILES string of the molecule is CCN(C)CCNS(=O)(=O)c1ccc(F)c(N)c1. The lowest BCUT2D eigenvalue weighted by Crippen LogP contribution is -2.32. The van der Waals surface area contributed by atoms with E-state index in [1.54, 1.807) is 0 Å². The number of hydrogen-bond acceptors (Lipinski definition) is 4. The molecule has 5 nitrogen and oxygen atoms in total. The molecule has 102 valence electrons. The van der Waals surface area contributed by atoms with Crippen molar-refractivity contribution in [2.75, 3.05) is 32.4 Å². The molecule has 0 aliphatic rings. The van der Waals surface area contributed by atoms with E-state index in [1.807, 2.05) is 18.9 Å². The third kappa shape index (κ3) is 3.94. The number of anilines is 1. The molecule has 7 heteroatoms. The van der Waals surface area contributed by atoms with Crippen molar-refractivity contribution >= 4 is 15.7 Å². The number of halogens is 1. The van der Waals surface area contributed by atoms with Crippen molar-refractivity contribution in [1.82, 2.24) is 9.62 Å². The molecule has 1 rings (SSSR count). The molecule has 3 N–H and O–H groups in total. The van der Waals surface area contributed by atoms with Crippen LogP contribution in [0.25, 0.3) is 0 Å². The van der Waals surface area contributed by atoms with Gasteiger partial charge in [0.25, 0.3) is 0 Å². The number of benzene rings is 1. The van der Waals surface area contributed by atoms with Crippen LogP contribution in [0.3, 0.4) is 0 Å². The molecule has 1 aromatic carbocycles. The summed E-state index contributed by atoms with van der Waals surface area (Å²) in [6.45, 7) is 3.72. The molecule has 0 saturated heterocycles. The summed E-state index contributed by atoms with van der Waals surface area (Å²) in [5, 5.41) is 0. The molecule has 0 bridgehead atoms. The van der Waals surface area contributed by atoms with Gasteiger partial charge >= 0.3 is 0 Å². The fraction of sp³-hybridized carbons (Fsp3) is 0.455. The van der Waals surface area contributed by atoms with E-state index in [4.69, 9.17) is 5.73 Å². The molecule has 0 saturated carbocycles. The second-order valence-electron chi connectivity index (χ2n) is 3.98. The summed E-state index contributed by atoms with van der Waals surface area (Å²) in [5.74, 6) is -0.625. The zero-order chi connectivity index (χ0) is 13.8. The average Bonchev–Trinajstić information content (AvgIpc) is 2.32. The highest BCUT2D eigenvalue weighted by atomic mass is 32.2. The van der Waals surface area contributed by atoms with Gasteiger partial charge in [0.2, 0.25) is 10.0 Å². The van der Waals surface area contributed by atoms with Crippen LogP contribution in [0.15, 0.2) is 23.1 Å². The first-order valence-electron chi connectivity index (χ1n) is 5.60. The number of rotatable bonds is 6. The van der Waals surface area contributed by atoms with Crippen LogP contribution in [-0.4, -0.2) is 40.0 Å². The third-order valence-corrected chi connectivity index (χ3v) is 4.06. The molecule has 1 aromatic rings. The lowest BCUT2D eigenvalue weighted by atomic mass is 10.3. The van der Waals surface area contributed by atoms with Crippen LogP contribution in [-0.2, 0) is 10.0 Å². The van der Waals surface area contributed by atoms with Crippen LogP contribution in [0.2, 0.25) is 0 Å². The number of nitrogens with two attached hydrogens (primary N) is 1. The summed E-state index contributed by atoms with van der Waals surface area (Å²) >= 11 is 0. The van der Waals surface area contributed by atoms with Gasteiger partial charge in [-0.3, -0.25) is 0 Å². The van der Waals surface area contributed by atoms with E-state index in [-0.39, 0.29) is 10.6 Å². The van der Waals surface area contributed by atoms with Crippen molar-refractivity contribution in [2.24, 2.45) is 0 Å². The van der Waals surface area contributed by atoms with Crippen molar-refractivity contribution < 1.29 is 12.8 Å². The Bertz CT molecular complexity index is 505. The number of likely N-dealkylation sites (N-methyl/N-ethyl adjacent to an activating group) is 1. The molecule has 0 atom stereocenters. The molecule has 0 spiro atoms. The van der Waals surface area contributed by atoms with Gasteiger partial charge in [-0.15, -0.1) is 0 Å². The number of nitrogens with one attached hydrogen (secondary N) is 1. The van der Waals surface area contributed by atoms with Crippen LogP contribution in [0.1, 0.15) is 6.92 Å². The largest absolute Gasteiger partial charge is 0.396 e. The smallest absolute Gasteiger partial charge is 0.240 e. The van der Waals surface area contributed by atoms with Gasteiger partial charge in [0.1, 0.15) is 5.82 Å². The number of nitrogens with zero attached hydrogens (tertiary/aromatic N) is 1. The summed E-state index contributed by atoms with van der Waals surface area (Å²) < 4.78 is 39.1. The van der Waals surface area contributed by atoms with Crippen molar-refractivity contribution in [3.8, 4) is 0 Å². The molecular weight excluding hydrogens is 257 g/mol. The van der Waals surface area contributed by atoms with Gasteiger partial charge in [-0.2, -0.15) is 0 Å². The van der Waals surface area contributed by atoms with Crippen LogP contribution < -0.4 is 10.5 Å². The zero-order valence-electron chi connectivity index (χ0n) is 10.5. The first-order valence-corrected chi connectivity index (χ1v) is 7.08. The summed E-state index contributed by atoms with van der Waals surface area (Å²) in [6.07, 6.45) is 0. The van der Waals surface area contributed by atoms with E-state index in [0.29, 0.717) is 13.1 Å². The molecule has 0 aromatic heterocycles. The Balaban J connectivity index is 2.71. The molecule has 18 heavy (non-hydrogen) atoms. The van der Waals surface area contributed by atoms with E-state index in [2.05, 4.69) is 4.72 Å². The molecule has 0 aliphatic carbocycles. The van der Waals surface area contributed by atoms with Gasteiger partial charge in [-0.05, 0) is 31.8 Å². The Morgan fingerprint density at radius 1 is 1.44 bits per heavy atom. The van der Waals surface area contributed by atoms with Gasteiger partial charge in [-0.25, -0.2) is 17.5 Å². The van der Waals surface area contributed by atoms with Gasteiger partial charge in [0.15, 0.2) is 0 Å². The van der Waals surface area contributed by atoms with Gasteiger partial charge in [-0.1, -0.05) is 6.92 Å². The molecule has 0 fully saturated rings. The van der Waals surface area contributed by atoms with E-state index in [9.17, 15) is 12.8 Å². The highest BCUT2D eigenvalue weighted by molar-refractivity contribution is 7.89. The number of nitrogen functional groups attached to an aromatic ring is 1. The van der Waals surface area contributed by atoms with Crippen molar-refractivity contribution in [3.63, 3.8) is 0 Å². The van der Waals surface area contributed by atoms with Crippen molar-refractivity contribution in [3.05, 3.63) is 24.0 Å². The Labute approximate surface area is 107 Å². The van der Waals surface area contributed by atoms with Crippen LogP contribution >= 0.6 is 0 Å². The zero-order valence-corrected chi connectivity index (χ0v) is 11.3. The van der Waals surface area contributed by atoms with E-state index in [0.717, 1.165) is 18.7 Å². The third-order valence-electron chi connectivity index (χ3n) is 2.60. The quantitative estimate of drug-likeness (QED) is 0.747. The minimum Gasteiger partial charge on any atom is -0.396 e. The predicted octanol–water partition coefficient (Wildman–Crippen LogP) is 0.638. The topological polar surface area (TPSA) is 75.4 Å². The Morgan fingerprint density at radius 2 is 2.11 bits per heavy atom. The molecule has 0 amide bonds. The van der Waals surface area contributed by atoms with Crippen LogP contribution in [0, 0.1) is 5.82 Å². The monoisotopic (exact) mass is 275 g/mol. The maximum absolute atomic E-state index is 12.9. The first-order chi connectivity index (χ1) is 8.36. The second-order valence-corrected chi connectivity index (χ2v) is 5.74. The van der Waals surface area contributed by atoms with Gasteiger partial charge in [0.05, 0.1) is 10.6 Å². The van der Waals surface area contributed by atoms with Crippen LogP contribution in [0.4, 0.5) is 10.1 Å². The Kier molecular flexibility index (Phi) is 5.06. The predicted molar refractivity (Wildman–Crippen MR) is 69.2 cm³/mol. The fourth-order valence-corrected chi connectivity index (χ4v) is 2.36. The number of sulfonamides is 1. The normalized spacial score (nSPS) is 12.0. The lowest BCUT2D eigenvalue weighted by molar-refractivity contribution is 0.358. The minimum atomic E-state index is -3.63. The van der Waals surface area contributed by atoms with Gasteiger partial charge in [0, 0.05) is 13.1 Å². The average molecular weight is 275 g/mol. The Morgan fingerprint density at radius 3 is 2.67 bits per heavy atom. The maximum atomic E-state index is 12.9. The maximum Gasteiger partial charge on any atom is 0.240 e. The summed E-state index contributed by atoms with van der Waals surface area (Å²) in [4.78, 5) is 1.95. The molecular formula is C11H18FN3O2S. The highest BCUT2D eigenvalue weighted by Crippen LogP contribution is 2.16. The van der Waals surface area contributed by atoms with Crippen LogP contribution in [0.5, 0.6) is 0 Å². The molecule has 0 aliphatic heterocycles. The second kappa shape index (κ2) is 6.12. The molecule has 0 unspecified atom stereocenters. The summed E-state index contributed by atoms with van der Waals surface area (Å²) in [7, 11) is -1.73. The van der Waals surface area contributed by atoms with Gasteiger partial charge < -0.3 is 10.6 Å². The summed E-state index contributed by atoms with van der Waals surface area (Å²) in [5.41, 5.74) is 5.16. The fourth-order valence-electron chi connectivity index (χ4n) is 1.30. The van der Waals surface area contributed by atoms with E-state index < -0.39 is 15.8 Å². The lowest BCUT2D eigenvalue weighted by Gasteiger charge is -2.14. The minimum absolute atomic E-state index is 0.0273. The van der Waals surface area contributed by atoms with E-state index >= 15 is 0 Å². The standard InChI is InChI=1S/C11H18FN3O2S/c1-3-15(2)7-6-14-18(16,17)9-4-5-10(12)11(13)8-9/h4-5,8,14H,3,6-7,13H2,1-2H3. The first kappa shape index (κ1) is 14.9. The molecule has 0 heterocycles. The Hall–Kier alpha value is -1.18. The molecule has 0 radical (unpaired) electrons. The van der Waals surface area contributed by atoms with Crippen molar-refractivity contribution in [2.45, 2.75) is 11.8 Å².